The Labute approximate surface area is 268 Å². The maximum absolute atomic E-state index is 9.94. The topological polar surface area (TPSA) is 158 Å². The quantitative estimate of drug-likeness (QED) is 0.0586. The molecule has 0 amide bonds. The van der Waals surface area contributed by atoms with Crippen molar-refractivity contribution in [2.75, 3.05) is 27.4 Å². The van der Waals surface area contributed by atoms with E-state index in [-0.39, 0.29) is 25.0 Å². The summed E-state index contributed by atoms with van der Waals surface area (Å²) in [6, 6.07) is 21.4. The average molecular weight is 635 g/mol. The van der Waals surface area contributed by atoms with Gasteiger partial charge in [-0.25, -0.2) is 0 Å². The number of benzene rings is 4. The lowest BCUT2D eigenvalue weighted by atomic mass is 9.80. The maximum Gasteiger partial charge on any atom is 0.200 e. The van der Waals surface area contributed by atoms with Crippen LogP contribution >= 0.6 is 0 Å². The summed E-state index contributed by atoms with van der Waals surface area (Å²) < 4.78 is 22.7. The number of aromatic hydroxyl groups is 6. The van der Waals surface area contributed by atoms with Gasteiger partial charge in [0.15, 0.2) is 34.5 Å². The minimum Gasteiger partial charge on any atom is -0.504 e. The molecule has 0 aromatic heterocycles. The van der Waals surface area contributed by atoms with Gasteiger partial charge in [0.05, 0.1) is 34.0 Å². The zero-order valence-corrected chi connectivity index (χ0v) is 26.1. The third-order valence-electron chi connectivity index (χ3n) is 7.97. The molecule has 4 aromatic carbocycles. The summed E-state index contributed by atoms with van der Waals surface area (Å²) in [5.74, 6) is -0.981. The van der Waals surface area contributed by atoms with Gasteiger partial charge >= 0.3 is 0 Å². The summed E-state index contributed by atoms with van der Waals surface area (Å²) in [4.78, 5) is 0. The van der Waals surface area contributed by atoms with Crippen LogP contribution in [0.4, 0.5) is 0 Å². The molecule has 6 N–H and O–H groups in total. The van der Waals surface area contributed by atoms with Crippen LogP contribution in [-0.4, -0.2) is 58.1 Å². The van der Waals surface area contributed by atoms with Crippen LogP contribution in [0.15, 0.2) is 72.8 Å². The van der Waals surface area contributed by atoms with Crippen LogP contribution in [0.3, 0.4) is 0 Å². The lowest BCUT2D eigenvalue weighted by Gasteiger charge is -2.28. The third-order valence-corrected chi connectivity index (χ3v) is 7.97. The molecule has 4 rings (SSSR count). The number of methoxy groups -OCH3 is 2. The van der Waals surface area contributed by atoms with Gasteiger partial charge in [0, 0.05) is 6.61 Å². The van der Waals surface area contributed by atoms with Crippen LogP contribution < -0.4 is 9.47 Å². The standard InChI is InChI=1S/C36H42O10/c1-43-29-9-5-23(6-10-29)14-27(4-3-13-45-20-25-16-31(37)35(41)32(38)17-25)28(15-24-7-11-30(44-2)12-8-24)22-46-21-26-18-33(39)36(42)34(40)19-26/h5-12,16-19,27-28,37-42H,3-4,13-15,20-22H2,1-2H3/t27-,28+/m0/s1. The zero-order chi connectivity index (χ0) is 33.1. The van der Waals surface area contributed by atoms with Crippen LogP contribution in [0.2, 0.25) is 0 Å². The normalized spacial score (nSPS) is 12.5. The highest BCUT2D eigenvalue weighted by atomic mass is 16.5. The summed E-state index contributed by atoms with van der Waals surface area (Å²) in [6.07, 6.45) is 3.04. The molecule has 0 unspecified atom stereocenters. The van der Waals surface area contributed by atoms with Gasteiger partial charge in [-0.15, -0.1) is 0 Å². The van der Waals surface area contributed by atoms with Crippen LogP contribution in [-0.2, 0) is 35.5 Å². The molecular formula is C36H42O10. The Morgan fingerprint density at radius 2 is 0.935 bits per heavy atom. The first-order valence-electron chi connectivity index (χ1n) is 15.1. The van der Waals surface area contributed by atoms with Crippen molar-refractivity contribution in [1.82, 2.24) is 0 Å². The summed E-state index contributed by atoms with van der Waals surface area (Å²) in [5, 5.41) is 58.8. The Balaban J connectivity index is 1.49. The molecule has 4 aromatic rings. The third kappa shape index (κ3) is 9.60. The lowest BCUT2D eigenvalue weighted by Crippen LogP contribution is -2.25. The Morgan fingerprint density at radius 1 is 0.522 bits per heavy atom. The molecule has 0 fully saturated rings. The fraction of sp³-hybridized carbons (Fsp3) is 0.333. The molecule has 46 heavy (non-hydrogen) atoms. The largest absolute Gasteiger partial charge is 0.504 e. The van der Waals surface area contributed by atoms with E-state index < -0.39 is 34.5 Å². The molecule has 0 saturated carbocycles. The van der Waals surface area contributed by atoms with E-state index in [1.54, 1.807) is 14.2 Å². The molecule has 2 atom stereocenters. The van der Waals surface area contributed by atoms with E-state index in [4.69, 9.17) is 18.9 Å². The minimum absolute atomic E-state index is 0.0702. The Kier molecular flexibility index (Phi) is 12.2. The van der Waals surface area contributed by atoms with E-state index in [0.717, 1.165) is 48.3 Å². The zero-order valence-electron chi connectivity index (χ0n) is 26.1. The molecule has 0 saturated heterocycles. The van der Waals surface area contributed by atoms with Crippen molar-refractivity contribution in [3.63, 3.8) is 0 Å². The average Bonchev–Trinajstić information content (AvgIpc) is 3.05. The monoisotopic (exact) mass is 634 g/mol. The van der Waals surface area contributed by atoms with E-state index in [1.165, 1.54) is 24.3 Å². The number of phenolic OH excluding ortho intramolecular Hbond substituents is 6. The Morgan fingerprint density at radius 3 is 1.37 bits per heavy atom. The number of phenols is 6. The first kappa shape index (κ1) is 34.1. The van der Waals surface area contributed by atoms with Crippen molar-refractivity contribution in [2.45, 2.75) is 38.9 Å². The summed E-state index contributed by atoms with van der Waals surface area (Å²) in [7, 11) is 3.26. The SMILES string of the molecule is COc1ccc(C[C@H](CCCOCc2cc(O)c(O)c(O)c2)[C@@H](COCc2cc(O)c(O)c(O)c2)Cc2ccc(OC)cc2)cc1. The molecule has 0 aliphatic rings. The van der Waals surface area contributed by atoms with Gasteiger partial charge < -0.3 is 49.6 Å². The molecule has 0 aliphatic carbocycles. The molecule has 246 valence electrons. The van der Waals surface area contributed by atoms with Crippen LogP contribution in [0.25, 0.3) is 0 Å². The van der Waals surface area contributed by atoms with Gasteiger partial charge in [0.25, 0.3) is 0 Å². The van der Waals surface area contributed by atoms with Gasteiger partial charge in [-0.1, -0.05) is 24.3 Å². The predicted octanol–water partition coefficient (Wildman–Crippen LogP) is 6.17. The van der Waals surface area contributed by atoms with E-state index in [2.05, 4.69) is 12.1 Å². The second kappa shape index (κ2) is 16.5. The number of hydrogen-bond donors (Lipinski definition) is 6. The van der Waals surface area contributed by atoms with Crippen LogP contribution in [0, 0.1) is 11.8 Å². The second-order valence-electron chi connectivity index (χ2n) is 11.3. The Hall–Kier alpha value is -4.80. The Bertz CT molecular complexity index is 1490. The lowest BCUT2D eigenvalue weighted by molar-refractivity contribution is 0.0578. The first-order chi connectivity index (χ1) is 22.2. The number of hydrogen-bond acceptors (Lipinski definition) is 10. The van der Waals surface area contributed by atoms with E-state index >= 15 is 0 Å². The van der Waals surface area contributed by atoms with Crippen molar-refractivity contribution in [1.29, 1.82) is 0 Å². The van der Waals surface area contributed by atoms with Crippen LogP contribution in [0.5, 0.6) is 46.0 Å². The van der Waals surface area contributed by atoms with Gasteiger partial charge in [-0.05, 0) is 108 Å². The van der Waals surface area contributed by atoms with Gasteiger partial charge in [0.2, 0.25) is 0 Å². The highest BCUT2D eigenvalue weighted by molar-refractivity contribution is 5.51. The van der Waals surface area contributed by atoms with Gasteiger partial charge in [-0.2, -0.15) is 0 Å². The van der Waals surface area contributed by atoms with E-state index in [0.29, 0.717) is 24.3 Å². The van der Waals surface area contributed by atoms with Crippen molar-refractivity contribution in [3.8, 4) is 46.0 Å². The fourth-order valence-electron chi connectivity index (χ4n) is 5.45. The van der Waals surface area contributed by atoms with E-state index in [1.807, 2.05) is 36.4 Å². The predicted molar refractivity (Wildman–Crippen MR) is 172 cm³/mol. The van der Waals surface area contributed by atoms with Crippen molar-refractivity contribution < 1.29 is 49.6 Å². The van der Waals surface area contributed by atoms with Crippen LogP contribution in [0.1, 0.15) is 35.1 Å². The summed E-state index contributed by atoms with van der Waals surface area (Å²) in [6.45, 7) is 1.12. The smallest absolute Gasteiger partial charge is 0.200 e. The minimum atomic E-state index is -0.568. The molecule has 10 nitrogen and oxygen atoms in total. The summed E-state index contributed by atoms with van der Waals surface area (Å²) >= 11 is 0. The highest BCUT2D eigenvalue weighted by Crippen LogP contribution is 2.37. The molecule has 0 aliphatic heterocycles. The second-order valence-corrected chi connectivity index (χ2v) is 11.3. The van der Waals surface area contributed by atoms with E-state index in [9.17, 15) is 30.6 Å². The van der Waals surface area contributed by atoms with Crippen molar-refractivity contribution in [2.24, 2.45) is 11.8 Å². The molecule has 0 heterocycles. The molecule has 0 radical (unpaired) electrons. The molecular weight excluding hydrogens is 592 g/mol. The maximum atomic E-state index is 9.94. The first-order valence-corrected chi connectivity index (χ1v) is 15.1. The number of ether oxygens (including phenoxy) is 4. The van der Waals surface area contributed by atoms with Crippen molar-refractivity contribution >= 4 is 0 Å². The molecule has 0 bridgehead atoms. The van der Waals surface area contributed by atoms with Crippen molar-refractivity contribution in [3.05, 3.63) is 95.1 Å². The number of rotatable bonds is 17. The molecule has 10 heteroatoms. The van der Waals surface area contributed by atoms with Gasteiger partial charge in [-0.3, -0.25) is 0 Å². The molecule has 0 spiro atoms. The fourth-order valence-corrected chi connectivity index (χ4v) is 5.45. The van der Waals surface area contributed by atoms with Gasteiger partial charge in [0.1, 0.15) is 11.5 Å². The highest BCUT2D eigenvalue weighted by Gasteiger charge is 2.23. The summed E-state index contributed by atoms with van der Waals surface area (Å²) in [5.41, 5.74) is 3.34.